The van der Waals surface area contributed by atoms with E-state index in [0.29, 0.717) is 11.8 Å². The van der Waals surface area contributed by atoms with Gasteiger partial charge in [0.1, 0.15) is 6.54 Å². The summed E-state index contributed by atoms with van der Waals surface area (Å²) in [6, 6.07) is 4.24. The lowest BCUT2D eigenvalue weighted by atomic mass is 9.72. The molecule has 0 spiro atoms. The average Bonchev–Trinajstić information content (AvgIpc) is 3.01. The highest BCUT2D eigenvalue weighted by Crippen LogP contribution is 2.44. The predicted octanol–water partition coefficient (Wildman–Crippen LogP) is 10.0. The lowest BCUT2D eigenvalue weighted by Gasteiger charge is -2.37. The summed E-state index contributed by atoms with van der Waals surface area (Å²) in [6.45, 7) is 21.5. The fraction of sp³-hybridized carbons (Fsp3) is 0.477. The molecule has 0 saturated heterocycles. The van der Waals surface area contributed by atoms with Crippen molar-refractivity contribution in [1.29, 1.82) is 0 Å². The molecule has 1 atom stereocenters. The molecule has 2 aliphatic rings. The molecule has 0 aromatic carbocycles. The van der Waals surface area contributed by atoms with Gasteiger partial charge in [0.05, 0.1) is 0 Å². The van der Waals surface area contributed by atoms with Crippen molar-refractivity contribution >= 4 is 23.9 Å². The van der Waals surface area contributed by atoms with Crippen LogP contribution in [0.5, 0.6) is 0 Å². The van der Waals surface area contributed by atoms with Crippen LogP contribution >= 0.6 is 11.8 Å². The Hall–Kier alpha value is -2.92. The highest BCUT2D eigenvalue weighted by atomic mass is 32.2. The number of thioether (sulfide) groups is 1. The zero-order chi connectivity index (χ0) is 35.3. The number of pyridine rings is 1. The van der Waals surface area contributed by atoms with Crippen LogP contribution in [0.15, 0.2) is 112 Å². The number of nitrogens with zero attached hydrogens (tertiary/aromatic N) is 1. The molecule has 2 aliphatic carbocycles. The first-order chi connectivity index (χ1) is 22.8. The molecule has 48 heavy (non-hydrogen) atoms. The number of hydrogen-bond acceptors (Lipinski definition) is 3. The Morgan fingerprint density at radius 2 is 1.58 bits per heavy atom. The van der Waals surface area contributed by atoms with Crippen molar-refractivity contribution in [2.45, 2.75) is 106 Å². The van der Waals surface area contributed by atoms with E-state index in [2.05, 4.69) is 141 Å². The van der Waals surface area contributed by atoms with Crippen molar-refractivity contribution in [2.75, 3.05) is 18.9 Å². The van der Waals surface area contributed by atoms with Gasteiger partial charge >= 0.3 is 0 Å². The molecular weight excluding hydrogens is 605 g/mol. The summed E-state index contributed by atoms with van der Waals surface area (Å²) in [5.41, 5.74) is 17.9. The van der Waals surface area contributed by atoms with Crippen LogP contribution in [0.4, 0.5) is 0 Å². The number of allylic oxidation sites excluding steroid dienone is 15. The van der Waals surface area contributed by atoms with Gasteiger partial charge in [0.15, 0.2) is 6.20 Å². The Balaban J connectivity index is 1.73. The van der Waals surface area contributed by atoms with Gasteiger partial charge in [0, 0.05) is 35.8 Å². The molecule has 1 heterocycles. The molecule has 0 radical (unpaired) electrons. The third-order valence-corrected chi connectivity index (χ3v) is 11.3. The van der Waals surface area contributed by atoms with E-state index in [9.17, 15) is 5.11 Å². The lowest BCUT2D eigenvalue weighted by molar-refractivity contribution is -0.713. The second-order valence-corrected chi connectivity index (χ2v) is 16.3. The Kier molecular flexibility index (Phi) is 15.4. The zero-order valence-corrected chi connectivity index (χ0v) is 32.2. The van der Waals surface area contributed by atoms with Gasteiger partial charge in [-0.2, -0.15) is 11.8 Å². The minimum absolute atomic E-state index is 0.149. The summed E-state index contributed by atoms with van der Waals surface area (Å²) in [5.74, 6) is 1.01. The molecule has 2 N–H and O–H groups in total. The minimum Gasteiger partial charge on any atom is -0.850 e. The first kappa shape index (κ1) is 39.5. The van der Waals surface area contributed by atoms with E-state index in [1.807, 2.05) is 22.5 Å². The van der Waals surface area contributed by atoms with Gasteiger partial charge in [-0.3, -0.25) is 0 Å². The maximum atomic E-state index is 11.5. The molecule has 0 fully saturated rings. The molecule has 0 amide bonds. The highest BCUT2D eigenvalue weighted by molar-refractivity contribution is 8.00. The topological polar surface area (TPSA) is 53.0 Å². The maximum Gasteiger partial charge on any atom is 0.205 e. The summed E-state index contributed by atoms with van der Waals surface area (Å²) in [5, 5.41) is 12.1. The summed E-state index contributed by atoms with van der Waals surface area (Å²) in [7, 11) is 0. The number of aromatic nitrogens is 1. The van der Waals surface area contributed by atoms with Gasteiger partial charge in [0.2, 0.25) is 5.69 Å². The van der Waals surface area contributed by atoms with E-state index >= 15 is 0 Å². The molecule has 1 unspecified atom stereocenters. The molecule has 3 rings (SSSR count). The van der Waals surface area contributed by atoms with Gasteiger partial charge in [-0.05, 0) is 99.8 Å². The van der Waals surface area contributed by atoms with E-state index < -0.39 is 0 Å². The Bertz CT molecular complexity index is 1540. The third-order valence-electron chi connectivity index (χ3n) is 9.84. The fourth-order valence-corrected chi connectivity index (χ4v) is 8.00. The monoisotopic (exact) mass is 666 g/mol. The molecule has 0 bridgehead atoms. The summed E-state index contributed by atoms with van der Waals surface area (Å²) in [4.78, 5) is 0. The molecule has 0 saturated carbocycles. The van der Waals surface area contributed by atoms with Crippen molar-refractivity contribution in [3.05, 3.63) is 123 Å². The van der Waals surface area contributed by atoms with Crippen molar-refractivity contribution < 1.29 is 9.67 Å². The molecular formula is C44H62N2OS. The summed E-state index contributed by atoms with van der Waals surface area (Å²) in [6.07, 6.45) is 32.3. The molecule has 3 nitrogen and oxygen atoms in total. The van der Waals surface area contributed by atoms with E-state index in [-0.39, 0.29) is 17.4 Å². The van der Waals surface area contributed by atoms with Gasteiger partial charge in [-0.25, -0.2) is 4.57 Å². The summed E-state index contributed by atoms with van der Waals surface area (Å²) < 4.78 is 2.04. The van der Waals surface area contributed by atoms with E-state index in [1.54, 1.807) is 0 Å². The lowest BCUT2D eigenvalue weighted by Crippen LogP contribution is -2.41. The molecule has 0 aliphatic heterocycles. The number of hydrogen-bond donors (Lipinski definition) is 1. The van der Waals surface area contributed by atoms with Gasteiger partial charge in [-0.1, -0.05) is 117 Å². The van der Waals surface area contributed by atoms with Crippen molar-refractivity contribution in [3.63, 3.8) is 0 Å². The number of nitrogens with two attached hydrogens (primary N) is 1. The van der Waals surface area contributed by atoms with Crippen LogP contribution in [-0.4, -0.2) is 24.2 Å². The smallest absolute Gasteiger partial charge is 0.205 e. The molecule has 260 valence electrons. The van der Waals surface area contributed by atoms with Crippen LogP contribution in [0, 0.1) is 10.8 Å². The third kappa shape index (κ3) is 11.9. The molecule has 1 aromatic heterocycles. The maximum absolute atomic E-state index is 11.5. The van der Waals surface area contributed by atoms with Crippen LogP contribution in [0.1, 0.15) is 106 Å². The van der Waals surface area contributed by atoms with Gasteiger partial charge in [0.25, 0.3) is 0 Å². The fourth-order valence-electron chi connectivity index (χ4n) is 6.92. The van der Waals surface area contributed by atoms with Gasteiger partial charge < -0.3 is 10.8 Å². The summed E-state index contributed by atoms with van der Waals surface area (Å²) >= 11 is 2.00. The second-order valence-electron chi connectivity index (χ2n) is 15.0. The number of rotatable bonds is 14. The van der Waals surface area contributed by atoms with Crippen LogP contribution in [-0.2, 0) is 6.54 Å². The van der Waals surface area contributed by atoms with Crippen molar-refractivity contribution in [3.8, 4) is 0 Å². The largest absolute Gasteiger partial charge is 0.850 e. The quantitative estimate of drug-likeness (QED) is 0.159. The van der Waals surface area contributed by atoms with Crippen LogP contribution in [0.25, 0.3) is 12.2 Å². The van der Waals surface area contributed by atoms with Crippen molar-refractivity contribution in [1.82, 2.24) is 0 Å². The second kappa shape index (κ2) is 18.7. The molecule has 1 aromatic rings. The van der Waals surface area contributed by atoms with Crippen LogP contribution < -0.4 is 15.4 Å². The minimum atomic E-state index is -0.149. The Morgan fingerprint density at radius 1 is 0.917 bits per heavy atom. The van der Waals surface area contributed by atoms with E-state index in [1.165, 1.54) is 65.5 Å². The van der Waals surface area contributed by atoms with Gasteiger partial charge in [-0.15, -0.1) is 0 Å². The van der Waals surface area contributed by atoms with Crippen molar-refractivity contribution in [2.24, 2.45) is 16.6 Å². The Morgan fingerprint density at radius 3 is 2.25 bits per heavy atom. The zero-order valence-electron chi connectivity index (χ0n) is 31.4. The normalized spacial score (nSPS) is 21.2. The van der Waals surface area contributed by atoms with Crippen LogP contribution in [0.2, 0.25) is 0 Å². The first-order valence-corrected chi connectivity index (χ1v) is 18.9. The molecule has 4 heteroatoms. The van der Waals surface area contributed by atoms with Crippen LogP contribution in [0.3, 0.4) is 0 Å². The Labute approximate surface area is 297 Å². The van der Waals surface area contributed by atoms with E-state index in [0.717, 1.165) is 29.1 Å². The van der Waals surface area contributed by atoms with E-state index in [4.69, 9.17) is 5.73 Å². The SMILES string of the molecule is CC1=C(/C=C/C(C)=C/C=C/C(C)=C/c2cc(/C=C/C=C(C)/C=C/C3=C(C)C(SCCN)CCC3(C)C)cc[n+]2CC[O-])C(C)(C)CCC1. The predicted molar refractivity (Wildman–Crippen MR) is 210 cm³/mol. The average molecular weight is 667 g/mol. The first-order valence-electron chi connectivity index (χ1n) is 17.9. The highest BCUT2D eigenvalue weighted by Gasteiger charge is 2.32. The standard InChI is InChI=1S/C44H62N2OS/c1-33(18-20-40-36(4)16-12-24-43(40,6)7)13-10-15-35(3)31-39-32-38(23-27-46(39)28-29-47)17-11-14-34(2)19-21-41-37(5)42(48-30-26-45)22-25-44(41,8)9/h10-11,13-15,17-21,23,27,31-32,42H,12,16,22,24-26,28-30,45H2,1-9H3/b15-10+,17-11+,20-18+,21-19+,33-13+,34-14+,35-31+.